The van der Waals surface area contributed by atoms with Gasteiger partial charge in [0.2, 0.25) is 0 Å². The largest absolute Gasteiger partial charge is 0.481 e. The number of carbonyl (C=O) groups is 2. The molecule has 0 saturated heterocycles. The third-order valence-electron chi connectivity index (χ3n) is 3.77. The molecule has 0 saturated carbocycles. The maximum atomic E-state index is 12.6. The molecule has 5 heteroatoms. The normalized spacial score (nSPS) is 18.6. The number of fused-ring (bicyclic) bond motifs is 1. The van der Waals surface area contributed by atoms with Gasteiger partial charge in [0.25, 0.3) is 5.91 Å². The lowest BCUT2D eigenvalue weighted by atomic mass is 9.91. The van der Waals surface area contributed by atoms with Crippen molar-refractivity contribution in [1.82, 2.24) is 0 Å². The number of aliphatic carboxylic acids is 1. The van der Waals surface area contributed by atoms with E-state index >= 15 is 0 Å². The van der Waals surface area contributed by atoms with Gasteiger partial charge in [0, 0.05) is 19.3 Å². The summed E-state index contributed by atoms with van der Waals surface area (Å²) >= 11 is 0. The standard InChI is InChI=1S/C15H19NO4/c1-15(2,20-3)14(19)16-9-11(13(17)18)8-10-6-4-5-7-12(10)16/h4-7,11H,8-9H2,1-3H3,(H,17,18). The Bertz CT molecular complexity index is 538. The number of methoxy groups -OCH3 is 1. The molecular formula is C15H19NO4. The summed E-state index contributed by atoms with van der Waals surface area (Å²) in [7, 11) is 1.47. The minimum absolute atomic E-state index is 0.179. The highest BCUT2D eigenvalue weighted by atomic mass is 16.5. The summed E-state index contributed by atoms with van der Waals surface area (Å²) in [5.41, 5.74) is 0.680. The summed E-state index contributed by atoms with van der Waals surface area (Å²) in [6, 6.07) is 7.41. The van der Waals surface area contributed by atoms with Crippen molar-refractivity contribution < 1.29 is 19.4 Å². The average molecular weight is 277 g/mol. The number of hydrogen-bond acceptors (Lipinski definition) is 3. The second kappa shape index (κ2) is 5.25. The van der Waals surface area contributed by atoms with Crippen LogP contribution in [0.15, 0.2) is 24.3 Å². The zero-order valence-corrected chi connectivity index (χ0v) is 11.9. The number of carbonyl (C=O) groups excluding carboxylic acids is 1. The van der Waals surface area contributed by atoms with Crippen LogP contribution in [0.1, 0.15) is 19.4 Å². The van der Waals surface area contributed by atoms with E-state index in [1.54, 1.807) is 13.8 Å². The predicted octanol–water partition coefficient (Wildman–Crippen LogP) is 1.70. The SMILES string of the molecule is COC(C)(C)C(=O)N1CC(C(=O)O)Cc2ccccc21. The third kappa shape index (κ3) is 2.54. The first-order valence-corrected chi connectivity index (χ1v) is 6.54. The smallest absolute Gasteiger partial charge is 0.308 e. The second-order valence-corrected chi connectivity index (χ2v) is 5.50. The predicted molar refractivity (Wildman–Crippen MR) is 74.7 cm³/mol. The number of benzene rings is 1. The zero-order valence-electron chi connectivity index (χ0n) is 11.9. The van der Waals surface area contributed by atoms with Crippen molar-refractivity contribution in [1.29, 1.82) is 0 Å². The highest BCUT2D eigenvalue weighted by molar-refractivity contribution is 6.00. The van der Waals surface area contributed by atoms with Crippen LogP contribution in [-0.4, -0.2) is 36.2 Å². The van der Waals surface area contributed by atoms with Gasteiger partial charge in [0.05, 0.1) is 5.92 Å². The van der Waals surface area contributed by atoms with E-state index in [1.807, 2.05) is 24.3 Å². The monoisotopic (exact) mass is 277 g/mol. The minimum atomic E-state index is -0.979. The van der Waals surface area contributed by atoms with E-state index in [2.05, 4.69) is 0 Å². The highest BCUT2D eigenvalue weighted by Gasteiger charge is 2.38. The van der Waals surface area contributed by atoms with Crippen LogP contribution >= 0.6 is 0 Å². The van der Waals surface area contributed by atoms with Crippen LogP contribution < -0.4 is 4.90 Å². The lowest BCUT2D eigenvalue weighted by Gasteiger charge is -2.37. The molecule has 1 unspecified atom stereocenters. The van der Waals surface area contributed by atoms with Crippen molar-refractivity contribution in [2.24, 2.45) is 5.92 Å². The number of anilines is 1. The van der Waals surface area contributed by atoms with E-state index in [-0.39, 0.29) is 12.5 Å². The lowest BCUT2D eigenvalue weighted by molar-refractivity contribution is -0.142. The number of rotatable bonds is 3. The van der Waals surface area contributed by atoms with Crippen LogP contribution in [-0.2, 0) is 20.7 Å². The Morgan fingerprint density at radius 2 is 2.00 bits per heavy atom. The number of hydrogen-bond donors (Lipinski definition) is 1. The molecule has 1 heterocycles. The second-order valence-electron chi connectivity index (χ2n) is 5.50. The third-order valence-corrected chi connectivity index (χ3v) is 3.77. The van der Waals surface area contributed by atoms with Gasteiger partial charge in [-0.15, -0.1) is 0 Å². The van der Waals surface area contributed by atoms with Gasteiger partial charge in [0.1, 0.15) is 5.60 Å². The van der Waals surface area contributed by atoms with Gasteiger partial charge in [-0.3, -0.25) is 9.59 Å². The molecular weight excluding hydrogens is 258 g/mol. The quantitative estimate of drug-likeness (QED) is 0.913. The Morgan fingerprint density at radius 3 is 2.60 bits per heavy atom. The van der Waals surface area contributed by atoms with Gasteiger partial charge in [-0.1, -0.05) is 18.2 Å². The summed E-state index contributed by atoms with van der Waals surface area (Å²) < 4.78 is 5.22. The number of carboxylic acids is 1. The topological polar surface area (TPSA) is 66.8 Å². The van der Waals surface area contributed by atoms with E-state index < -0.39 is 17.5 Å². The molecule has 1 aromatic rings. The van der Waals surface area contributed by atoms with Crippen molar-refractivity contribution in [2.45, 2.75) is 25.9 Å². The first kappa shape index (κ1) is 14.5. The molecule has 0 spiro atoms. The molecule has 1 N–H and O–H groups in total. The van der Waals surface area contributed by atoms with Crippen molar-refractivity contribution in [2.75, 3.05) is 18.6 Å². The van der Waals surface area contributed by atoms with E-state index in [9.17, 15) is 14.7 Å². The highest BCUT2D eigenvalue weighted by Crippen LogP contribution is 2.31. The fraction of sp³-hybridized carbons (Fsp3) is 0.467. The van der Waals surface area contributed by atoms with E-state index in [0.29, 0.717) is 6.42 Å². The fourth-order valence-corrected chi connectivity index (χ4v) is 2.37. The van der Waals surface area contributed by atoms with Crippen LogP contribution in [0, 0.1) is 5.92 Å². The van der Waals surface area contributed by atoms with Gasteiger partial charge in [-0.25, -0.2) is 0 Å². The summed E-state index contributed by atoms with van der Waals surface area (Å²) in [6.45, 7) is 3.54. The van der Waals surface area contributed by atoms with E-state index in [4.69, 9.17) is 4.74 Å². The van der Waals surface area contributed by atoms with E-state index in [0.717, 1.165) is 11.3 Å². The molecule has 1 aliphatic heterocycles. The van der Waals surface area contributed by atoms with Crippen LogP contribution in [0.5, 0.6) is 0 Å². The van der Waals surface area contributed by atoms with Crippen LogP contribution in [0.25, 0.3) is 0 Å². The first-order valence-electron chi connectivity index (χ1n) is 6.54. The molecule has 1 atom stereocenters. The Hall–Kier alpha value is -1.88. The van der Waals surface area contributed by atoms with Gasteiger partial charge in [-0.2, -0.15) is 0 Å². The molecule has 0 fully saturated rings. The maximum absolute atomic E-state index is 12.6. The Morgan fingerprint density at radius 1 is 1.35 bits per heavy atom. The molecule has 0 radical (unpaired) electrons. The molecule has 20 heavy (non-hydrogen) atoms. The Labute approximate surface area is 118 Å². The number of carboxylic acid groups (broad SMARTS) is 1. The van der Waals surface area contributed by atoms with Crippen molar-refractivity contribution in [3.8, 4) is 0 Å². The van der Waals surface area contributed by atoms with Crippen molar-refractivity contribution in [3.05, 3.63) is 29.8 Å². The maximum Gasteiger partial charge on any atom is 0.308 e. The van der Waals surface area contributed by atoms with Crippen LogP contribution in [0.3, 0.4) is 0 Å². The summed E-state index contributed by atoms with van der Waals surface area (Å²) in [5, 5.41) is 9.25. The molecule has 1 aromatic carbocycles. The number of ether oxygens (including phenoxy) is 1. The molecule has 0 bridgehead atoms. The van der Waals surface area contributed by atoms with Gasteiger partial charge in [-0.05, 0) is 31.9 Å². The van der Waals surface area contributed by atoms with Crippen LogP contribution in [0.2, 0.25) is 0 Å². The first-order chi connectivity index (χ1) is 9.36. The van der Waals surface area contributed by atoms with Crippen LogP contribution in [0.4, 0.5) is 5.69 Å². The van der Waals surface area contributed by atoms with Crippen molar-refractivity contribution in [3.63, 3.8) is 0 Å². The molecule has 1 aliphatic rings. The molecule has 108 valence electrons. The van der Waals surface area contributed by atoms with Gasteiger partial charge < -0.3 is 14.7 Å². The van der Waals surface area contributed by atoms with Gasteiger partial charge in [0.15, 0.2) is 0 Å². The van der Waals surface area contributed by atoms with E-state index in [1.165, 1.54) is 12.0 Å². The molecule has 1 amide bonds. The number of amides is 1. The lowest BCUT2D eigenvalue weighted by Crippen LogP contribution is -2.51. The Balaban J connectivity index is 2.41. The fourth-order valence-electron chi connectivity index (χ4n) is 2.37. The summed E-state index contributed by atoms with van der Waals surface area (Å²) in [6.07, 6.45) is 0.447. The molecule has 0 aliphatic carbocycles. The number of para-hydroxylation sites is 1. The molecule has 0 aromatic heterocycles. The minimum Gasteiger partial charge on any atom is -0.481 e. The van der Waals surface area contributed by atoms with Gasteiger partial charge >= 0.3 is 5.97 Å². The molecule has 2 rings (SSSR count). The average Bonchev–Trinajstić information content (AvgIpc) is 2.45. The number of nitrogens with zero attached hydrogens (tertiary/aromatic N) is 1. The van der Waals surface area contributed by atoms with Crippen molar-refractivity contribution >= 4 is 17.6 Å². The summed E-state index contributed by atoms with van der Waals surface area (Å²) in [4.78, 5) is 25.4. The Kier molecular flexibility index (Phi) is 3.81. The molecule has 5 nitrogen and oxygen atoms in total. The zero-order chi connectivity index (χ0) is 14.9. The summed E-state index contributed by atoms with van der Waals surface area (Å²) in [5.74, 6) is -1.69.